The molecule has 0 aliphatic rings. The average Bonchev–Trinajstić information content (AvgIpc) is 2.91. The van der Waals surface area contributed by atoms with E-state index < -0.39 is 0 Å². The van der Waals surface area contributed by atoms with Gasteiger partial charge in [-0.2, -0.15) is 4.98 Å². The molecule has 2 heterocycles. The second-order valence-electron chi connectivity index (χ2n) is 3.70. The van der Waals surface area contributed by atoms with Crippen molar-refractivity contribution in [2.24, 2.45) is 0 Å². The largest absolute Gasteiger partial charge is 0.337 e. The van der Waals surface area contributed by atoms with Gasteiger partial charge in [-0.15, -0.1) is 16.7 Å². The van der Waals surface area contributed by atoms with Gasteiger partial charge in [-0.3, -0.25) is 0 Å². The monoisotopic (exact) mass is 255 g/mol. The van der Waals surface area contributed by atoms with Gasteiger partial charge in [-0.25, -0.2) is 4.68 Å². The summed E-state index contributed by atoms with van der Waals surface area (Å²) >= 11 is 5.63. The van der Waals surface area contributed by atoms with Gasteiger partial charge in [0, 0.05) is 24.9 Å². The van der Waals surface area contributed by atoms with Crippen LogP contribution in [0.5, 0.6) is 0 Å². The summed E-state index contributed by atoms with van der Waals surface area (Å²) in [5.41, 5.74) is 0.869. The highest BCUT2D eigenvalue weighted by atomic mass is 35.5. The molecule has 2 rings (SSSR count). The number of nitrogens with zero attached hydrogens (tertiary/aromatic N) is 5. The molecule has 0 saturated heterocycles. The molecule has 0 aliphatic heterocycles. The summed E-state index contributed by atoms with van der Waals surface area (Å²) in [7, 11) is 0. The van der Waals surface area contributed by atoms with Crippen LogP contribution in [0, 0.1) is 0 Å². The minimum absolute atomic E-state index is 0.450. The van der Waals surface area contributed by atoms with Crippen molar-refractivity contribution >= 4 is 11.6 Å². The Hall–Kier alpha value is -1.43. The molecule has 0 atom stereocenters. The Morgan fingerprint density at radius 1 is 1.41 bits per heavy atom. The summed E-state index contributed by atoms with van der Waals surface area (Å²) in [5, 5.41) is 11.8. The molecule has 0 spiro atoms. The van der Waals surface area contributed by atoms with Crippen LogP contribution in [0.25, 0.3) is 0 Å². The molecular weight excluding hydrogens is 242 g/mol. The van der Waals surface area contributed by atoms with E-state index in [2.05, 4.69) is 27.4 Å². The summed E-state index contributed by atoms with van der Waals surface area (Å²) in [4.78, 5) is 4.26. The lowest BCUT2D eigenvalue weighted by atomic mass is 10.3. The molecule has 0 saturated carbocycles. The summed E-state index contributed by atoms with van der Waals surface area (Å²) < 4.78 is 6.79. The maximum absolute atomic E-state index is 5.63. The van der Waals surface area contributed by atoms with Gasteiger partial charge in [0.05, 0.1) is 5.69 Å². The first-order valence-corrected chi connectivity index (χ1v) is 6.11. The fourth-order valence-electron chi connectivity index (χ4n) is 1.45. The predicted molar refractivity (Wildman–Crippen MR) is 61.8 cm³/mol. The van der Waals surface area contributed by atoms with Crippen molar-refractivity contribution < 1.29 is 4.52 Å². The number of hydrogen-bond donors (Lipinski definition) is 0. The maximum Gasteiger partial charge on any atom is 0.248 e. The molecule has 92 valence electrons. The quantitative estimate of drug-likeness (QED) is 0.731. The van der Waals surface area contributed by atoms with Gasteiger partial charge in [-0.05, 0) is 6.42 Å². The molecule has 17 heavy (non-hydrogen) atoms. The van der Waals surface area contributed by atoms with Crippen LogP contribution >= 0.6 is 11.6 Å². The molecule has 0 unspecified atom stereocenters. The highest BCUT2D eigenvalue weighted by Crippen LogP contribution is 2.03. The third kappa shape index (κ3) is 3.26. The number of hydrogen-bond acceptors (Lipinski definition) is 5. The molecule has 0 N–H and O–H groups in total. The lowest BCUT2D eigenvalue weighted by Crippen LogP contribution is -2.01. The van der Waals surface area contributed by atoms with Crippen molar-refractivity contribution in [2.45, 2.75) is 32.7 Å². The molecule has 2 aromatic rings. The van der Waals surface area contributed by atoms with Crippen LogP contribution in [0.2, 0.25) is 0 Å². The molecule has 6 nitrogen and oxygen atoms in total. The van der Waals surface area contributed by atoms with E-state index in [1.165, 1.54) is 0 Å². The van der Waals surface area contributed by atoms with Crippen molar-refractivity contribution in [1.29, 1.82) is 0 Å². The highest BCUT2D eigenvalue weighted by molar-refractivity contribution is 6.17. The van der Waals surface area contributed by atoms with E-state index in [-0.39, 0.29) is 0 Å². The Labute approximate surface area is 104 Å². The van der Waals surface area contributed by atoms with Gasteiger partial charge in [-0.1, -0.05) is 17.3 Å². The minimum Gasteiger partial charge on any atom is -0.337 e. The standard InChI is InChI=1S/C10H14ClN5O/c1-2-3-9-12-10(17-14-9)7-16-6-8(4-5-11)13-15-16/h6H,2-5,7H2,1H3. The Morgan fingerprint density at radius 3 is 3.06 bits per heavy atom. The Kier molecular flexibility index (Phi) is 4.08. The lowest BCUT2D eigenvalue weighted by Gasteiger charge is -1.92. The lowest BCUT2D eigenvalue weighted by molar-refractivity contribution is 0.359. The number of aromatic nitrogens is 5. The summed E-state index contributed by atoms with van der Waals surface area (Å²) in [5.74, 6) is 1.83. The Bertz CT molecular complexity index is 424. The predicted octanol–water partition coefficient (Wildman–Crippen LogP) is 1.44. The van der Waals surface area contributed by atoms with Crippen LogP contribution in [-0.4, -0.2) is 31.0 Å². The van der Waals surface area contributed by atoms with E-state index >= 15 is 0 Å². The van der Waals surface area contributed by atoms with Crippen LogP contribution in [0.1, 0.15) is 30.8 Å². The number of alkyl halides is 1. The molecule has 0 bridgehead atoms. The van der Waals surface area contributed by atoms with Crippen molar-refractivity contribution in [3.8, 4) is 0 Å². The number of aryl methyl sites for hydroxylation is 2. The summed E-state index contributed by atoms with van der Waals surface area (Å²) in [6.07, 6.45) is 4.39. The topological polar surface area (TPSA) is 69.6 Å². The second kappa shape index (κ2) is 5.77. The van der Waals surface area contributed by atoms with Crippen molar-refractivity contribution in [2.75, 3.05) is 5.88 Å². The van der Waals surface area contributed by atoms with Gasteiger partial charge in [0.1, 0.15) is 6.54 Å². The number of halogens is 1. The van der Waals surface area contributed by atoms with Gasteiger partial charge in [0.2, 0.25) is 5.89 Å². The highest BCUT2D eigenvalue weighted by Gasteiger charge is 2.07. The van der Waals surface area contributed by atoms with Gasteiger partial charge >= 0.3 is 0 Å². The fourth-order valence-corrected chi connectivity index (χ4v) is 1.64. The third-order valence-corrected chi connectivity index (χ3v) is 2.41. The Balaban J connectivity index is 1.98. The molecule has 0 aromatic carbocycles. The normalized spacial score (nSPS) is 10.9. The van der Waals surface area contributed by atoms with E-state index in [1.54, 1.807) is 4.68 Å². The first-order chi connectivity index (χ1) is 8.31. The first-order valence-electron chi connectivity index (χ1n) is 5.58. The van der Waals surface area contributed by atoms with E-state index in [4.69, 9.17) is 16.1 Å². The average molecular weight is 256 g/mol. The smallest absolute Gasteiger partial charge is 0.248 e. The van der Waals surface area contributed by atoms with Gasteiger partial charge in [0.15, 0.2) is 5.82 Å². The molecular formula is C10H14ClN5O. The van der Waals surface area contributed by atoms with E-state index in [0.29, 0.717) is 24.7 Å². The second-order valence-corrected chi connectivity index (χ2v) is 4.08. The summed E-state index contributed by atoms with van der Waals surface area (Å²) in [6.45, 7) is 2.53. The molecule has 0 aliphatic carbocycles. The van der Waals surface area contributed by atoms with Crippen LogP contribution in [-0.2, 0) is 19.4 Å². The van der Waals surface area contributed by atoms with Gasteiger partial charge < -0.3 is 4.52 Å². The van der Waals surface area contributed by atoms with Crippen LogP contribution in [0.3, 0.4) is 0 Å². The molecule has 0 fully saturated rings. The zero-order valence-electron chi connectivity index (χ0n) is 9.64. The Morgan fingerprint density at radius 2 is 2.29 bits per heavy atom. The van der Waals surface area contributed by atoms with Crippen molar-refractivity contribution in [1.82, 2.24) is 25.1 Å². The SMILES string of the molecule is CCCc1noc(Cn2cc(CCCl)nn2)n1. The van der Waals surface area contributed by atoms with Crippen LogP contribution in [0.15, 0.2) is 10.7 Å². The maximum atomic E-state index is 5.63. The van der Waals surface area contributed by atoms with Crippen LogP contribution in [0.4, 0.5) is 0 Å². The zero-order valence-corrected chi connectivity index (χ0v) is 10.4. The van der Waals surface area contributed by atoms with Gasteiger partial charge in [0.25, 0.3) is 0 Å². The van der Waals surface area contributed by atoms with Crippen molar-refractivity contribution in [3.05, 3.63) is 23.6 Å². The third-order valence-electron chi connectivity index (χ3n) is 2.22. The minimum atomic E-state index is 0.450. The van der Waals surface area contributed by atoms with E-state index in [0.717, 1.165) is 24.4 Å². The molecule has 0 amide bonds. The van der Waals surface area contributed by atoms with E-state index in [9.17, 15) is 0 Å². The zero-order chi connectivity index (χ0) is 12.1. The molecule has 0 radical (unpaired) electrons. The molecule has 7 heteroatoms. The van der Waals surface area contributed by atoms with E-state index in [1.807, 2.05) is 6.20 Å². The fraction of sp³-hybridized carbons (Fsp3) is 0.600. The van der Waals surface area contributed by atoms with Crippen molar-refractivity contribution in [3.63, 3.8) is 0 Å². The summed E-state index contributed by atoms with van der Waals surface area (Å²) in [6, 6.07) is 0. The van der Waals surface area contributed by atoms with Crippen LogP contribution < -0.4 is 0 Å². The number of rotatable bonds is 6. The molecule has 2 aromatic heterocycles. The first kappa shape index (κ1) is 12.0.